The van der Waals surface area contributed by atoms with Crippen molar-refractivity contribution >= 4 is 27.5 Å². The molecule has 0 unspecified atom stereocenters. The average molecular weight is 566 g/mol. The van der Waals surface area contributed by atoms with E-state index in [0.29, 0.717) is 31.3 Å². The van der Waals surface area contributed by atoms with E-state index in [4.69, 9.17) is 9.47 Å². The molecule has 1 atom stereocenters. The van der Waals surface area contributed by atoms with Gasteiger partial charge in [0, 0.05) is 19.2 Å². The first kappa shape index (κ1) is 28.9. The number of anilines is 1. The highest BCUT2D eigenvalue weighted by Crippen LogP contribution is 2.36. The Morgan fingerprint density at radius 3 is 2.38 bits per heavy atom. The van der Waals surface area contributed by atoms with Crippen LogP contribution in [0.2, 0.25) is 0 Å². The Balaban J connectivity index is 1.72. The number of carbonyl (C=O) groups is 2. The Kier molecular flexibility index (Phi) is 9.31. The summed E-state index contributed by atoms with van der Waals surface area (Å²) in [5.74, 6) is 0.0729. The molecular formula is C30H35N3O6S. The molecule has 0 aromatic heterocycles. The first-order valence-electron chi connectivity index (χ1n) is 13.3. The first-order valence-corrected chi connectivity index (χ1v) is 14.7. The molecule has 10 heteroatoms. The number of nitrogens with zero attached hydrogens (tertiary/aromatic N) is 2. The molecule has 1 aliphatic rings. The number of hydrogen-bond donors (Lipinski definition) is 1. The van der Waals surface area contributed by atoms with E-state index < -0.39 is 28.5 Å². The smallest absolute Gasteiger partial charge is 0.264 e. The molecule has 1 heterocycles. The van der Waals surface area contributed by atoms with Crippen LogP contribution in [0.3, 0.4) is 0 Å². The second kappa shape index (κ2) is 12.9. The topological polar surface area (TPSA) is 105 Å². The molecule has 9 nitrogen and oxygen atoms in total. The van der Waals surface area contributed by atoms with Crippen LogP contribution in [0.4, 0.5) is 5.69 Å². The lowest BCUT2D eigenvalue weighted by atomic mass is 10.1. The van der Waals surface area contributed by atoms with Crippen LogP contribution in [0, 0.1) is 6.92 Å². The molecule has 3 aromatic rings. The van der Waals surface area contributed by atoms with Crippen molar-refractivity contribution in [1.29, 1.82) is 0 Å². The second-order valence-electron chi connectivity index (χ2n) is 9.63. The molecule has 1 N–H and O–H groups in total. The van der Waals surface area contributed by atoms with Gasteiger partial charge in [0.05, 0.1) is 10.6 Å². The largest absolute Gasteiger partial charge is 0.486 e. The van der Waals surface area contributed by atoms with Crippen LogP contribution in [-0.2, 0) is 26.2 Å². The molecule has 0 aliphatic carbocycles. The summed E-state index contributed by atoms with van der Waals surface area (Å²) in [5.41, 5.74) is 2.10. The van der Waals surface area contributed by atoms with Gasteiger partial charge in [-0.05, 0) is 50.1 Å². The molecule has 40 heavy (non-hydrogen) atoms. The number of carbonyl (C=O) groups excluding carboxylic acids is 2. The van der Waals surface area contributed by atoms with E-state index in [1.54, 1.807) is 43.3 Å². The predicted molar refractivity (Wildman–Crippen MR) is 153 cm³/mol. The fraction of sp³-hybridized carbons (Fsp3) is 0.333. The number of hydrogen-bond acceptors (Lipinski definition) is 6. The summed E-state index contributed by atoms with van der Waals surface area (Å²) in [6.07, 6.45) is 0.748. The number of rotatable bonds is 11. The Morgan fingerprint density at radius 1 is 0.950 bits per heavy atom. The summed E-state index contributed by atoms with van der Waals surface area (Å²) in [6.45, 7) is 6.36. The van der Waals surface area contributed by atoms with Gasteiger partial charge in [-0.2, -0.15) is 0 Å². The van der Waals surface area contributed by atoms with Gasteiger partial charge in [0.1, 0.15) is 25.8 Å². The molecule has 0 spiro atoms. The van der Waals surface area contributed by atoms with Crippen LogP contribution in [0.15, 0.2) is 77.7 Å². The predicted octanol–water partition coefficient (Wildman–Crippen LogP) is 3.91. The number of ether oxygens (including phenoxy) is 2. The van der Waals surface area contributed by atoms with Crippen molar-refractivity contribution in [2.24, 2.45) is 0 Å². The Hall–Kier alpha value is -4.05. The van der Waals surface area contributed by atoms with Gasteiger partial charge in [0.25, 0.3) is 10.0 Å². The minimum atomic E-state index is -4.16. The van der Waals surface area contributed by atoms with Gasteiger partial charge in [0.2, 0.25) is 11.8 Å². The maximum absolute atomic E-state index is 14.0. The van der Waals surface area contributed by atoms with E-state index in [0.717, 1.165) is 21.9 Å². The molecule has 0 saturated heterocycles. The van der Waals surface area contributed by atoms with Gasteiger partial charge in [-0.25, -0.2) is 8.42 Å². The lowest BCUT2D eigenvalue weighted by Crippen LogP contribution is -2.51. The number of sulfonamides is 1. The summed E-state index contributed by atoms with van der Waals surface area (Å²) in [5, 5.41) is 2.84. The van der Waals surface area contributed by atoms with Gasteiger partial charge in [-0.3, -0.25) is 13.9 Å². The monoisotopic (exact) mass is 565 g/mol. The summed E-state index contributed by atoms with van der Waals surface area (Å²) in [7, 11) is -4.16. The molecule has 1 aliphatic heterocycles. The Labute approximate surface area is 235 Å². The van der Waals surface area contributed by atoms with E-state index >= 15 is 0 Å². The van der Waals surface area contributed by atoms with Crippen molar-refractivity contribution in [3.8, 4) is 11.5 Å². The zero-order valence-corrected chi connectivity index (χ0v) is 23.8. The van der Waals surface area contributed by atoms with Crippen molar-refractivity contribution in [1.82, 2.24) is 10.2 Å². The molecule has 2 amide bonds. The third-order valence-corrected chi connectivity index (χ3v) is 8.36. The number of fused-ring (bicyclic) bond motifs is 1. The molecule has 0 bridgehead atoms. The molecule has 4 rings (SSSR count). The van der Waals surface area contributed by atoms with E-state index in [1.807, 2.05) is 38.1 Å². The quantitative estimate of drug-likeness (QED) is 0.378. The van der Waals surface area contributed by atoms with E-state index in [1.165, 1.54) is 17.0 Å². The second-order valence-corrected chi connectivity index (χ2v) is 11.5. The fourth-order valence-electron chi connectivity index (χ4n) is 4.42. The lowest BCUT2D eigenvalue weighted by molar-refractivity contribution is -0.139. The molecule has 0 radical (unpaired) electrons. The maximum atomic E-state index is 14.0. The normalized spacial score (nSPS) is 13.3. The van der Waals surface area contributed by atoms with E-state index in [9.17, 15) is 18.0 Å². The minimum Gasteiger partial charge on any atom is -0.486 e. The highest BCUT2D eigenvalue weighted by atomic mass is 32.2. The van der Waals surface area contributed by atoms with Gasteiger partial charge in [0.15, 0.2) is 11.5 Å². The van der Waals surface area contributed by atoms with Crippen LogP contribution in [0.25, 0.3) is 0 Å². The van der Waals surface area contributed by atoms with Crippen molar-refractivity contribution in [3.63, 3.8) is 0 Å². The molecule has 0 saturated carbocycles. The van der Waals surface area contributed by atoms with Crippen molar-refractivity contribution < 1.29 is 27.5 Å². The van der Waals surface area contributed by atoms with Gasteiger partial charge < -0.3 is 19.7 Å². The summed E-state index contributed by atoms with van der Waals surface area (Å²) in [4.78, 5) is 28.4. The van der Waals surface area contributed by atoms with E-state index in [-0.39, 0.29) is 23.0 Å². The number of benzene rings is 3. The van der Waals surface area contributed by atoms with Crippen molar-refractivity contribution in [2.45, 2.75) is 44.7 Å². The van der Waals surface area contributed by atoms with Gasteiger partial charge >= 0.3 is 0 Å². The number of aryl methyl sites for hydroxylation is 1. The zero-order valence-electron chi connectivity index (χ0n) is 23.0. The maximum Gasteiger partial charge on any atom is 0.264 e. The minimum absolute atomic E-state index is 0.0386. The average Bonchev–Trinajstić information content (AvgIpc) is 2.97. The lowest BCUT2D eigenvalue weighted by Gasteiger charge is -2.32. The molecule has 212 valence electrons. The van der Waals surface area contributed by atoms with Gasteiger partial charge in [-0.1, -0.05) is 55.0 Å². The third kappa shape index (κ3) is 6.74. The number of nitrogens with one attached hydrogen (secondary N) is 1. The molecule has 0 fully saturated rings. The van der Waals surface area contributed by atoms with Crippen LogP contribution >= 0.6 is 0 Å². The van der Waals surface area contributed by atoms with Gasteiger partial charge in [-0.15, -0.1) is 0 Å². The Bertz CT molecular complexity index is 1440. The highest BCUT2D eigenvalue weighted by molar-refractivity contribution is 7.92. The molecular weight excluding hydrogens is 530 g/mol. The van der Waals surface area contributed by atoms with E-state index in [2.05, 4.69) is 5.32 Å². The standard InChI is InChI=1S/C30H35N3O6S/c1-4-15-31-30(35)23(3)32(20-24-10-8-9-22(2)18-24)29(34)21-33(40(36,37)26-11-6-5-7-12-26)25-13-14-27-28(19-25)39-17-16-38-27/h5-14,18-19,23H,4,15-17,20-21H2,1-3H3,(H,31,35)/t23-/m0/s1. The van der Waals surface area contributed by atoms with Crippen molar-refractivity contribution in [3.05, 3.63) is 83.9 Å². The highest BCUT2D eigenvalue weighted by Gasteiger charge is 2.33. The summed E-state index contributed by atoms with van der Waals surface area (Å²) < 4.78 is 40.2. The van der Waals surface area contributed by atoms with Crippen LogP contribution in [0.1, 0.15) is 31.4 Å². The summed E-state index contributed by atoms with van der Waals surface area (Å²) >= 11 is 0. The third-order valence-electron chi connectivity index (χ3n) is 6.58. The van der Waals surface area contributed by atoms with Crippen LogP contribution in [0.5, 0.6) is 11.5 Å². The fourth-order valence-corrected chi connectivity index (χ4v) is 5.85. The zero-order chi connectivity index (χ0) is 28.7. The first-order chi connectivity index (χ1) is 19.2. The molecule has 3 aromatic carbocycles. The van der Waals surface area contributed by atoms with Crippen LogP contribution in [-0.4, -0.2) is 57.5 Å². The SMILES string of the molecule is CCCNC(=O)[C@H](C)N(Cc1cccc(C)c1)C(=O)CN(c1ccc2c(c1)OCCO2)S(=O)(=O)c1ccccc1. The summed E-state index contributed by atoms with van der Waals surface area (Å²) in [6, 6.07) is 19.5. The van der Waals surface area contributed by atoms with Crippen LogP contribution < -0.4 is 19.1 Å². The van der Waals surface area contributed by atoms with Crippen molar-refractivity contribution in [2.75, 3.05) is 30.6 Å². The Morgan fingerprint density at radius 2 is 1.68 bits per heavy atom. The number of amides is 2.